The summed E-state index contributed by atoms with van der Waals surface area (Å²) in [6.45, 7) is 6.46. The lowest BCUT2D eigenvalue weighted by Gasteiger charge is -2.20. The third-order valence-corrected chi connectivity index (χ3v) is 6.79. The molecule has 0 amide bonds. The van der Waals surface area contributed by atoms with Gasteiger partial charge in [0.1, 0.15) is 18.2 Å². The van der Waals surface area contributed by atoms with E-state index in [0.717, 1.165) is 24.5 Å². The summed E-state index contributed by atoms with van der Waals surface area (Å²) in [6.07, 6.45) is 1.66. The molecule has 0 fully saturated rings. The second kappa shape index (κ2) is 10.1. The van der Waals surface area contributed by atoms with Gasteiger partial charge >= 0.3 is 0 Å². The molecule has 1 heterocycles. The normalized spacial score (nSPS) is 11.9. The quantitative estimate of drug-likeness (QED) is 0.212. The third-order valence-electron chi connectivity index (χ3n) is 5.07. The first-order valence-corrected chi connectivity index (χ1v) is 12.9. The van der Waals surface area contributed by atoms with E-state index in [1.807, 2.05) is 75.4 Å². The van der Waals surface area contributed by atoms with Crippen LogP contribution in [0.1, 0.15) is 37.7 Å². The Morgan fingerprint density at radius 3 is 2.47 bits per heavy atom. The summed E-state index contributed by atoms with van der Waals surface area (Å²) in [5, 5.41) is 5.05. The van der Waals surface area contributed by atoms with Crippen LogP contribution in [0.3, 0.4) is 0 Å². The van der Waals surface area contributed by atoms with E-state index >= 15 is 0 Å². The summed E-state index contributed by atoms with van der Waals surface area (Å²) >= 11 is 10.5. The largest absolute Gasteiger partial charge is 0.489 e. The zero-order chi connectivity index (χ0) is 24.5. The van der Waals surface area contributed by atoms with Gasteiger partial charge in [0.15, 0.2) is 0 Å². The fourth-order valence-electron chi connectivity index (χ4n) is 3.35. The molecule has 3 aromatic carbocycles. The molecule has 8 heteroatoms. The molecule has 0 bridgehead atoms. The van der Waals surface area contributed by atoms with Crippen molar-refractivity contribution in [2.24, 2.45) is 5.10 Å². The monoisotopic (exact) mass is 645 g/mol. The maximum atomic E-state index is 13.3. The van der Waals surface area contributed by atoms with Crippen LogP contribution in [-0.2, 0) is 12.0 Å². The standard InChI is InChI=1S/C26H22Br3N3O2/c1-26(2,3)25-31-23-10-9-18(27)12-21(23)24(33)32(25)30-14-16-5-4-6-20(11-16)34-15-17-7-8-19(28)13-22(17)29/h4-14H,15H2,1-3H3. The minimum Gasteiger partial charge on any atom is -0.489 e. The van der Waals surface area contributed by atoms with Gasteiger partial charge in [-0.3, -0.25) is 4.79 Å². The molecule has 0 saturated carbocycles. The van der Waals surface area contributed by atoms with Crippen LogP contribution < -0.4 is 10.3 Å². The predicted molar refractivity (Wildman–Crippen MR) is 148 cm³/mol. The lowest BCUT2D eigenvalue weighted by molar-refractivity contribution is 0.305. The van der Waals surface area contributed by atoms with E-state index in [2.05, 4.69) is 52.9 Å². The van der Waals surface area contributed by atoms with Gasteiger partial charge in [-0.2, -0.15) is 9.78 Å². The minimum atomic E-state index is -0.374. The highest BCUT2D eigenvalue weighted by atomic mass is 79.9. The molecule has 4 rings (SSSR count). The number of hydrogen-bond donors (Lipinski definition) is 0. The van der Waals surface area contributed by atoms with E-state index < -0.39 is 0 Å². The number of nitrogens with zero attached hydrogens (tertiary/aromatic N) is 3. The summed E-state index contributed by atoms with van der Waals surface area (Å²) in [5.41, 5.74) is 1.92. The van der Waals surface area contributed by atoms with Crippen molar-refractivity contribution in [1.29, 1.82) is 0 Å². The van der Waals surface area contributed by atoms with Crippen LogP contribution in [0.5, 0.6) is 5.75 Å². The number of halogens is 3. The van der Waals surface area contributed by atoms with Crippen LogP contribution in [0, 0.1) is 0 Å². The van der Waals surface area contributed by atoms with Gasteiger partial charge in [0, 0.05) is 24.4 Å². The van der Waals surface area contributed by atoms with Crippen LogP contribution in [0.2, 0.25) is 0 Å². The number of hydrogen-bond acceptors (Lipinski definition) is 4. The van der Waals surface area contributed by atoms with Gasteiger partial charge < -0.3 is 4.74 Å². The molecule has 1 aromatic heterocycles. The Morgan fingerprint density at radius 2 is 1.74 bits per heavy atom. The zero-order valence-electron chi connectivity index (χ0n) is 18.8. The van der Waals surface area contributed by atoms with Gasteiger partial charge in [0.25, 0.3) is 5.56 Å². The van der Waals surface area contributed by atoms with Crippen molar-refractivity contribution in [3.05, 3.63) is 101 Å². The Balaban J connectivity index is 1.65. The van der Waals surface area contributed by atoms with E-state index in [1.165, 1.54) is 4.68 Å². The Hall–Kier alpha value is -2.29. The number of benzene rings is 3. The first-order chi connectivity index (χ1) is 16.1. The molecule has 34 heavy (non-hydrogen) atoms. The molecular weight excluding hydrogens is 626 g/mol. The van der Waals surface area contributed by atoms with Crippen LogP contribution in [-0.4, -0.2) is 15.9 Å². The zero-order valence-corrected chi connectivity index (χ0v) is 23.6. The van der Waals surface area contributed by atoms with Gasteiger partial charge in [0.05, 0.1) is 17.1 Å². The van der Waals surface area contributed by atoms with E-state index in [1.54, 1.807) is 12.3 Å². The topological polar surface area (TPSA) is 56.5 Å². The number of ether oxygens (including phenoxy) is 1. The summed E-state index contributed by atoms with van der Waals surface area (Å²) in [5.74, 6) is 1.30. The molecule has 0 aliphatic rings. The summed E-state index contributed by atoms with van der Waals surface area (Å²) in [7, 11) is 0. The molecule has 0 saturated heterocycles. The number of rotatable bonds is 5. The van der Waals surface area contributed by atoms with Gasteiger partial charge in [0.2, 0.25) is 0 Å². The lowest BCUT2D eigenvalue weighted by Crippen LogP contribution is -2.29. The van der Waals surface area contributed by atoms with Crippen molar-refractivity contribution in [3.8, 4) is 5.75 Å². The second-order valence-electron chi connectivity index (χ2n) is 8.81. The van der Waals surface area contributed by atoms with Gasteiger partial charge in [-0.1, -0.05) is 86.8 Å². The fraction of sp³-hybridized carbons (Fsp3) is 0.192. The average Bonchev–Trinajstić information content (AvgIpc) is 2.78. The highest BCUT2D eigenvalue weighted by Crippen LogP contribution is 2.25. The van der Waals surface area contributed by atoms with Crippen molar-refractivity contribution < 1.29 is 4.74 Å². The molecule has 0 spiro atoms. The SMILES string of the molecule is CC(C)(C)c1nc2ccc(Br)cc2c(=O)n1N=Cc1cccc(OCc2ccc(Br)cc2Br)c1. The van der Waals surface area contributed by atoms with E-state index in [9.17, 15) is 4.79 Å². The first-order valence-electron chi connectivity index (χ1n) is 10.6. The molecule has 0 atom stereocenters. The van der Waals surface area contributed by atoms with Crippen LogP contribution >= 0.6 is 47.8 Å². The smallest absolute Gasteiger partial charge is 0.282 e. The maximum absolute atomic E-state index is 13.3. The van der Waals surface area contributed by atoms with E-state index in [0.29, 0.717) is 29.1 Å². The Labute approximate surface area is 223 Å². The molecule has 5 nitrogen and oxygen atoms in total. The Kier molecular flexibility index (Phi) is 7.40. The maximum Gasteiger partial charge on any atom is 0.282 e. The predicted octanol–water partition coefficient (Wildman–Crippen LogP) is 7.44. The number of fused-ring (bicyclic) bond motifs is 1. The molecule has 4 aromatic rings. The van der Waals surface area contributed by atoms with Crippen molar-refractivity contribution in [3.63, 3.8) is 0 Å². The average molecular weight is 648 g/mol. The van der Waals surface area contributed by atoms with Crippen LogP contribution in [0.15, 0.2) is 84.0 Å². The first kappa shape index (κ1) is 24.8. The van der Waals surface area contributed by atoms with Crippen molar-refractivity contribution in [2.75, 3.05) is 0 Å². The highest BCUT2D eigenvalue weighted by molar-refractivity contribution is 9.11. The summed E-state index contributed by atoms with van der Waals surface area (Å²) in [6, 6.07) is 19.1. The van der Waals surface area contributed by atoms with Gasteiger partial charge in [-0.25, -0.2) is 4.98 Å². The molecule has 0 N–H and O–H groups in total. The second-order valence-corrected chi connectivity index (χ2v) is 11.5. The Morgan fingerprint density at radius 1 is 1.00 bits per heavy atom. The number of aromatic nitrogens is 2. The minimum absolute atomic E-state index is 0.208. The van der Waals surface area contributed by atoms with Crippen molar-refractivity contribution in [1.82, 2.24) is 9.66 Å². The van der Waals surface area contributed by atoms with Crippen molar-refractivity contribution >= 4 is 64.9 Å². The fourth-order valence-corrected chi connectivity index (χ4v) is 4.87. The molecule has 0 unspecified atom stereocenters. The molecular formula is C26H22Br3N3O2. The summed E-state index contributed by atoms with van der Waals surface area (Å²) < 4.78 is 10.2. The highest BCUT2D eigenvalue weighted by Gasteiger charge is 2.22. The molecule has 174 valence electrons. The molecule has 0 aliphatic heterocycles. The van der Waals surface area contributed by atoms with Crippen LogP contribution in [0.4, 0.5) is 0 Å². The molecule has 0 radical (unpaired) electrons. The Bertz CT molecular complexity index is 1460. The van der Waals surface area contributed by atoms with E-state index in [4.69, 9.17) is 9.72 Å². The molecule has 0 aliphatic carbocycles. The summed E-state index contributed by atoms with van der Waals surface area (Å²) in [4.78, 5) is 18.1. The van der Waals surface area contributed by atoms with Gasteiger partial charge in [-0.15, -0.1) is 0 Å². The van der Waals surface area contributed by atoms with Crippen LogP contribution in [0.25, 0.3) is 10.9 Å². The van der Waals surface area contributed by atoms with Crippen molar-refractivity contribution in [2.45, 2.75) is 32.8 Å². The van der Waals surface area contributed by atoms with Gasteiger partial charge in [-0.05, 0) is 48.0 Å². The third kappa shape index (κ3) is 5.67. The lowest BCUT2D eigenvalue weighted by atomic mass is 9.95. The van der Waals surface area contributed by atoms with E-state index in [-0.39, 0.29) is 11.0 Å².